The molecule has 0 aliphatic heterocycles. The highest BCUT2D eigenvalue weighted by atomic mass is 28.4. The summed E-state index contributed by atoms with van der Waals surface area (Å²) in [6, 6.07) is 0. The van der Waals surface area contributed by atoms with Crippen LogP contribution in [0, 0.1) is 0 Å². The SMILES string of the molecule is CON=C[C@H](O[Si](C)(C)C)[C@H](O[Si](C)(C)C)[C@@H](CO[Si](C)(C)C)O[Si](C)(C)C. The monoisotopic (exact) mass is 467 g/mol. The molecule has 0 aromatic heterocycles. The number of hydrogen-bond donors (Lipinski definition) is 0. The lowest BCUT2D eigenvalue weighted by atomic mass is 10.1. The third-order valence-corrected chi connectivity index (χ3v) is 7.17. The number of oxime groups is 1. The van der Waals surface area contributed by atoms with Crippen LogP contribution in [0.2, 0.25) is 78.6 Å². The van der Waals surface area contributed by atoms with Crippen LogP contribution < -0.4 is 0 Å². The molecular formula is C18H45NO5Si4. The van der Waals surface area contributed by atoms with E-state index in [1.165, 1.54) is 0 Å². The molecular weight excluding hydrogens is 423 g/mol. The molecule has 0 aliphatic rings. The number of hydrogen-bond acceptors (Lipinski definition) is 6. The molecule has 0 saturated heterocycles. The Labute approximate surface area is 177 Å². The van der Waals surface area contributed by atoms with E-state index >= 15 is 0 Å². The molecule has 0 radical (unpaired) electrons. The Morgan fingerprint density at radius 2 is 1.14 bits per heavy atom. The van der Waals surface area contributed by atoms with Crippen LogP contribution in [0.15, 0.2) is 5.16 Å². The Balaban J connectivity index is 6.01. The molecule has 0 N–H and O–H groups in total. The Morgan fingerprint density at radius 1 is 0.679 bits per heavy atom. The van der Waals surface area contributed by atoms with Gasteiger partial charge in [0.25, 0.3) is 0 Å². The van der Waals surface area contributed by atoms with E-state index in [0.717, 1.165) is 0 Å². The minimum atomic E-state index is -1.89. The van der Waals surface area contributed by atoms with Crippen molar-refractivity contribution in [1.29, 1.82) is 0 Å². The van der Waals surface area contributed by atoms with Crippen molar-refractivity contribution in [3.63, 3.8) is 0 Å². The van der Waals surface area contributed by atoms with Gasteiger partial charge < -0.3 is 22.5 Å². The van der Waals surface area contributed by atoms with Crippen molar-refractivity contribution in [2.75, 3.05) is 13.7 Å². The molecule has 28 heavy (non-hydrogen) atoms. The zero-order chi connectivity index (χ0) is 22.4. The van der Waals surface area contributed by atoms with Crippen LogP contribution >= 0.6 is 0 Å². The van der Waals surface area contributed by atoms with Crippen LogP contribution in [0.1, 0.15) is 0 Å². The first-order valence-corrected chi connectivity index (χ1v) is 23.7. The van der Waals surface area contributed by atoms with Gasteiger partial charge in [0.05, 0.1) is 18.9 Å². The molecule has 3 atom stereocenters. The standard InChI is InChI=1S/C18H45NO5Si4/c1-20-19-14-16(22-26(5,6)7)18(24-28(11,12)13)17(23-27(8,9)10)15-21-25(2,3)4/h14,16-18H,15H2,1-13H3/t16-,17+,18-/m0/s1. The smallest absolute Gasteiger partial charge is 0.184 e. The van der Waals surface area contributed by atoms with Crippen molar-refractivity contribution >= 4 is 39.5 Å². The molecule has 0 aromatic rings. The molecule has 0 unspecified atom stereocenters. The lowest BCUT2D eigenvalue weighted by Crippen LogP contribution is -2.55. The molecule has 0 spiro atoms. The fourth-order valence-electron chi connectivity index (χ4n) is 2.46. The summed E-state index contributed by atoms with van der Waals surface area (Å²) in [5.41, 5.74) is 0. The van der Waals surface area contributed by atoms with Crippen molar-refractivity contribution < 1.29 is 22.5 Å². The lowest BCUT2D eigenvalue weighted by Gasteiger charge is -2.41. The molecule has 0 aromatic carbocycles. The molecule has 0 saturated carbocycles. The highest BCUT2D eigenvalue weighted by Crippen LogP contribution is 2.24. The fourth-order valence-corrected chi connectivity index (χ4v) is 6.34. The predicted octanol–water partition coefficient (Wildman–Crippen LogP) is 5.13. The summed E-state index contributed by atoms with van der Waals surface area (Å²) in [7, 11) is -5.75. The number of nitrogens with zero attached hydrogens (tertiary/aromatic N) is 1. The summed E-state index contributed by atoms with van der Waals surface area (Å²) < 4.78 is 26.0. The highest BCUT2D eigenvalue weighted by Gasteiger charge is 2.40. The van der Waals surface area contributed by atoms with Crippen molar-refractivity contribution in [2.24, 2.45) is 5.16 Å². The molecule has 0 aliphatic carbocycles. The van der Waals surface area contributed by atoms with Crippen molar-refractivity contribution in [3.8, 4) is 0 Å². The zero-order valence-corrected chi connectivity index (χ0v) is 24.5. The minimum absolute atomic E-state index is 0.213. The predicted molar refractivity (Wildman–Crippen MR) is 129 cm³/mol. The van der Waals surface area contributed by atoms with Crippen LogP contribution in [0.5, 0.6) is 0 Å². The molecule has 0 fully saturated rings. The van der Waals surface area contributed by atoms with Gasteiger partial charge >= 0.3 is 0 Å². The molecule has 6 nitrogen and oxygen atoms in total. The van der Waals surface area contributed by atoms with Gasteiger partial charge in [-0.15, -0.1) is 0 Å². The minimum Gasteiger partial charge on any atom is -0.415 e. The summed E-state index contributed by atoms with van der Waals surface area (Å²) in [6.07, 6.45) is 0.873. The number of rotatable bonds is 13. The molecule has 10 heteroatoms. The average Bonchev–Trinajstić information content (AvgIpc) is 2.41. The van der Waals surface area contributed by atoms with Gasteiger partial charge in [0.2, 0.25) is 0 Å². The summed E-state index contributed by atoms with van der Waals surface area (Å²) in [5, 5.41) is 4.03. The van der Waals surface area contributed by atoms with E-state index < -0.39 is 33.3 Å². The first kappa shape index (κ1) is 28.2. The van der Waals surface area contributed by atoms with Crippen LogP contribution in [-0.4, -0.2) is 71.5 Å². The van der Waals surface area contributed by atoms with Crippen LogP contribution in [-0.2, 0) is 22.5 Å². The summed E-state index contributed by atoms with van der Waals surface area (Å²) in [4.78, 5) is 4.97. The van der Waals surface area contributed by atoms with E-state index in [1.54, 1.807) is 13.3 Å². The Kier molecular flexibility index (Phi) is 11.1. The Morgan fingerprint density at radius 3 is 1.50 bits per heavy atom. The summed E-state index contributed by atoms with van der Waals surface area (Å²) in [5.74, 6) is 0. The fraction of sp³-hybridized carbons (Fsp3) is 0.944. The van der Waals surface area contributed by atoms with E-state index in [-0.39, 0.29) is 18.3 Å². The van der Waals surface area contributed by atoms with Gasteiger partial charge in [-0.05, 0) is 78.6 Å². The van der Waals surface area contributed by atoms with Crippen molar-refractivity contribution in [3.05, 3.63) is 0 Å². The second kappa shape index (κ2) is 11.0. The molecule has 0 rings (SSSR count). The van der Waals surface area contributed by atoms with Crippen LogP contribution in [0.4, 0.5) is 0 Å². The zero-order valence-electron chi connectivity index (χ0n) is 20.5. The van der Waals surface area contributed by atoms with E-state index in [0.29, 0.717) is 6.61 Å². The van der Waals surface area contributed by atoms with E-state index in [2.05, 4.69) is 83.7 Å². The maximum Gasteiger partial charge on any atom is 0.184 e. The third kappa shape index (κ3) is 15.1. The topological polar surface area (TPSA) is 58.5 Å². The van der Waals surface area contributed by atoms with Gasteiger partial charge in [0, 0.05) is 0 Å². The van der Waals surface area contributed by atoms with Gasteiger partial charge in [-0.3, -0.25) is 0 Å². The summed E-state index contributed by atoms with van der Waals surface area (Å²) in [6.45, 7) is 26.7. The maximum atomic E-state index is 6.64. The van der Waals surface area contributed by atoms with Gasteiger partial charge in [-0.25, -0.2) is 0 Å². The van der Waals surface area contributed by atoms with Crippen LogP contribution in [0.25, 0.3) is 0 Å². The first-order valence-electron chi connectivity index (χ1n) is 10.1. The second-order valence-corrected chi connectivity index (χ2v) is 28.9. The Bertz CT molecular complexity index is 478. The lowest BCUT2D eigenvalue weighted by molar-refractivity contribution is -0.0281. The largest absolute Gasteiger partial charge is 0.415 e. The van der Waals surface area contributed by atoms with Gasteiger partial charge in [0.15, 0.2) is 33.3 Å². The van der Waals surface area contributed by atoms with Gasteiger partial charge in [-0.2, -0.15) is 0 Å². The third-order valence-electron chi connectivity index (χ3n) is 3.17. The quantitative estimate of drug-likeness (QED) is 0.213. The van der Waals surface area contributed by atoms with E-state index in [4.69, 9.17) is 22.5 Å². The molecule has 0 heterocycles. The Hall–Kier alpha value is 0.178. The van der Waals surface area contributed by atoms with Crippen molar-refractivity contribution in [2.45, 2.75) is 96.9 Å². The van der Waals surface area contributed by atoms with Gasteiger partial charge in [-0.1, -0.05) is 5.16 Å². The second-order valence-electron chi connectivity index (χ2n) is 11.0. The normalized spacial score (nSPS) is 17.6. The summed E-state index contributed by atoms with van der Waals surface area (Å²) >= 11 is 0. The van der Waals surface area contributed by atoms with Gasteiger partial charge in [0.1, 0.15) is 19.3 Å². The van der Waals surface area contributed by atoms with Crippen molar-refractivity contribution in [1.82, 2.24) is 0 Å². The van der Waals surface area contributed by atoms with Crippen LogP contribution in [0.3, 0.4) is 0 Å². The van der Waals surface area contributed by atoms with E-state index in [1.807, 2.05) is 0 Å². The molecule has 0 bridgehead atoms. The van der Waals surface area contributed by atoms with E-state index in [9.17, 15) is 0 Å². The highest BCUT2D eigenvalue weighted by molar-refractivity contribution is 6.71. The molecule has 168 valence electrons. The maximum absolute atomic E-state index is 6.64. The average molecular weight is 468 g/mol. The first-order chi connectivity index (χ1) is 12.3. The molecule has 0 amide bonds.